The van der Waals surface area contributed by atoms with Crippen LogP contribution in [0.1, 0.15) is 19.7 Å². The van der Waals surface area contributed by atoms with Gasteiger partial charge in [0.1, 0.15) is 5.82 Å². The lowest BCUT2D eigenvalue weighted by molar-refractivity contribution is 0.622. The zero-order valence-electron chi connectivity index (χ0n) is 12.5. The highest BCUT2D eigenvalue weighted by molar-refractivity contribution is 7.98. The lowest BCUT2D eigenvalue weighted by Crippen LogP contribution is -2.19. The molecular weight excluding hydrogens is 298 g/mol. The van der Waals surface area contributed by atoms with Crippen molar-refractivity contribution in [3.8, 4) is 0 Å². The Kier molecular flexibility index (Phi) is 4.24. The number of rotatable bonds is 5. The van der Waals surface area contributed by atoms with E-state index in [4.69, 9.17) is 0 Å². The van der Waals surface area contributed by atoms with Gasteiger partial charge in [-0.25, -0.2) is 9.97 Å². The van der Waals surface area contributed by atoms with Crippen LogP contribution in [-0.4, -0.2) is 24.7 Å². The molecule has 2 aromatic heterocycles. The Morgan fingerprint density at radius 3 is 2.95 bits per heavy atom. The standard InChI is InChI=1S/C15H17N5OS/c1-10(2)7-13-17-15(19-18-13)22-9-20-8-16-12-6-4-3-5-11(12)14(20)21/h3-6,8,10H,7,9H2,1-2H3,(H,17,18,19). The summed E-state index contributed by atoms with van der Waals surface area (Å²) < 4.78 is 1.57. The summed E-state index contributed by atoms with van der Waals surface area (Å²) in [5.74, 6) is 1.84. The first-order valence-electron chi connectivity index (χ1n) is 7.12. The second-order valence-corrected chi connectivity index (χ2v) is 6.38. The van der Waals surface area contributed by atoms with E-state index in [1.54, 1.807) is 17.0 Å². The van der Waals surface area contributed by atoms with Crippen LogP contribution < -0.4 is 5.56 Å². The first-order chi connectivity index (χ1) is 10.6. The molecule has 1 N–H and O–H groups in total. The van der Waals surface area contributed by atoms with Gasteiger partial charge in [0.05, 0.1) is 23.1 Å². The minimum atomic E-state index is -0.0453. The third-order valence-corrected chi connectivity index (χ3v) is 4.03. The maximum Gasteiger partial charge on any atom is 0.261 e. The summed E-state index contributed by atoms with van der Waals surface area (Å²) in [6, 6.07) is 7.34. The Balaban J connectivity index is 1.75. The van der Waals surface area contributed by atoms with Gasteiger partial charge in [0, 0.05) is 6.42 Å². The van der Waals surface area contributed by atoms with E-state index < -0.39 is 0 Å². The van der Waals surface area contributed by atoms with Gasteiger partial charge in [-0.2, -0.15) is 0 Å². The Morgan fingerprint density at radius 1 is 1.32 bits per heavy atom. The fourth-order valence-corrected chi connectivity index (χ4v) is 2.87. The van der Waals surface area contributed by atoms with E-state index in [-0.39, 0.29) is 5.56 Å². The Labute approximate surface area is 132 Å². The van der Waals surface area contributed by atoms with Crippen LogP contribution in [0.15, 0.2) is 40.5 Å². The first-order valence-corrected chi connectivity index (χ1v) is 8.10. The molecule has 114 valence electrons. The molecule has 7 heteroatoms. The quantitative estimate of drug-likeness (QED) is 0.732. The van der Waals surface area contributed by atoms with Crippen molar-refractivity contribution in [1.82, 2.24) is 24.7 Å². The van der Waals surface area contributed by atoms with Crippen molar-refractivity contribution in [2.45, 2.75) is 31.3 Å². The molecule has 1 aromatic carbocycles. The van der Waals surface area contributed by atoms with Crippen LogP contribution in [0.2, 0.25) is 0 Å². The lowest BCUT2D eigenvalue weighted by Gasteiger charge is -2.04. The van der Waals surface area contributed by atoms with Crippen LogP contribution in [0.4, 0.5) is 0 Å². The smallest absolute Gasteiger partial charge is 0.261 e. The molecule has 6 nitrogen and oxygen atoms in total. The number of aromatic nitrogens is 5. The molecule has 0 spiro atoms. The number of nitrogens with one attached hydrogen (secondary N) is 1. The zero-order valence-corrected chi connectivity index (χ0v) is 13.3. The van der Waals surface area contributed by atoms with Crippen LogP contribution in [-0.2, 0) is 12.3 Å². The van der Waals surface area contributed by atoms with Crippen LogP contribution in [0.3, 0.4) is 0 Å². The highest BCUT2D eigenvalue weighted by Crippen LogP contribution is 2.15. The number of nitrogens with zero attached hydrogens (tertiary/aromatic N) is 4. The summed E-state index contributed by atoms with van der Waals surface area (Å²) in [5.41, 5.74) is 0.668. The van der Waals surface area contributed by atoms with E-state index in [1.807, 2.05) is 18.2 Å². The van der Waals surface area contributed by atoms with Crippen molar-refractivity contribution < 1.29 is 0 Å². The largest absolute Gasteiger partial charge is 0.288 e. The van der Waals surface area contributed by atoms with Crippen molar-refractivity contribution in [2.75, 3.05) is 0 Å². The van der Waals surface area contributed by atoms with Gasteiger partial charge in [0.15, 0.2) is 0 Å². The monoisotopic (exact) mass is 315 g/mol. The molecule has 0 unspecified atom stereocenters. The van der Waals surface area contributed by atoms with Crippen LogP contribution >= 0.6 is 11.8 Å². The summed E-state index contributed by atoms with van der Waals surface area (Å²) in [7, 11) is 0. The number of aromatic amines is 1. The molecule has 2 heterocycles. The fourth-order valence-electron chi connectivity index (χ4n) is 2.15. The van der Waals surface area contributed by atoms with Gasteiger partial charge in [-0.1, -0.05) is 37.7 Å². The predicted octanol–water partition coefficient (Wildman–Crippen LogP) is 2.46. The van der Waals surface area contributed by atoms with Gasteiger partial charge >= 0.3 is 0 Å². The number of thioether (sulfide) groups is 1. The molecule has 0 aliphatic rings. The van der Waals surface area contributed by atoms with Gasteiger partial charge in [0.25, 0.3) is 5.56 Å². The normalized spacial score (nSPS) is 11.4. The highest BCUT2D eigenvalue weighted by Gasteiger charge is 2.08. The third kappa shape index (κ3) is 3.19. The lowest BCUT2D eigenvalue weighted by atomic mass is 10.1. The topological polar surface area (TPSA) is 76.5 Å². The van der Waals surface area contributed by atoms with Crippen molar-refractivity contribution in [3.63, 3.8) is 0 Å². The summed E-state index contributed by atoms with van der Waals surface area (Å²) in [6.07, 6.45) is 2.43. The minimum absolute atomic E-state index is 0.0453. The number of H-pyrrole nitrogens is 1. The van der Waals surface area contributed by atoms with E-state index in [0.717, 1.165) is 12.2 Å². The molecule has 0 fully saturated rings. The number of hydrogen-bond acceptors (Lipinski definition) is 5. The molecule has 0 aliphatic carbocycles. The molecule has 0 saturated carbocycles. The predicted molar refractivity (Wildman–Crippen MR) is 86.8 cm³/mol. The Bertz CT molecular complexity index is 839. The van der Waals surface area contributed by atoms with Crippen molar-refractivity contribution in [1.29, 1.82) is 0 Å². The fraction of sp³-hybridized carbons (Fsp3) is 0.333. The van der Waals surface area contributed by atoms with Gasteiger partial charge in [-0.3, -0.25) is 14.5 Å². The summed E-state index contributed by atoms with van der Waals surface area (Å²) in [6.45, 7) is 4.27. The van der Waals surface area contributed by atoms with Crippen molar-refractivity contribution in [2.24, 2.45) is 5.92 Å². The number of fused-ring (bicyclic) bond motifs is 1. The Morgan fingerprint density at radius 2 is 2.14 bits per heavy atom. The third-order valence-electron chi connectivity index (χ3n) is 3.18. The van der Waals surface area contributed by atoms with E-state index >= 15 is 0 Å². The van der Waals surface area contributed by atoms with Crippen molar-refractivity contribution >= 4 is 22.7 Å². The molecule has 0 atom stereocenters. The molecule has 3 aromatic rings. The molecule has 0 saturated heterocycles. The second-order valence-electron chi connectivity index (χ2n) is 5.47. The van der Waals surface area contributed by atoms with Crippen LogP contribution in [0.5, 0.6) is 0 Å². The molecule has 0 aliphatic heterocycles. The van der Waals surface area contributed by atoms with Gasteiger partial charge < -0.3 is 0 Å². The molecule has 22 heavy (non-hydrogen) atoms. The van der Waals surface area contributed by atoms with E-state index in [0.29, 0.717) is 27.9 Å². The average Bonchev–Trinajstić information content (AvgIpc) is 2.93. The van der Waals surface area contributed by atoms with Gasteiger partial charge in [-0.15, -0.1) is 5.10 Å². The van der Waals surface area contributed by atoms with Crippen LogP contribution in [0, 0.1) is 5.92 Å². The number of para-hydroxylation sites is 1. The van der Waals surface area contributed by atoms with Gasteiger partial charge in [-0.05, 0) is 18.1 Å². The average molecular weight is 315 g/mol. The molecule has 0 amide bonds. The van der Waals surface area contributed by atoms with Crippen molar-refractivity contribution in [3.05, 3.63) is 46.8 Å². The highest BCUT2D eigenvalue weighted by atomic mass is 32.2. The number of benzene rings is 1. The number of hydrogen-bond donors (Lipinski definition) is 1. The molecule has 0 radical (unpaired) electrons. The zero-order chi connectivity index (χ0) is 15.5. The molecule has 0 bridgehead atoms. The SMILES string of the molecule is CC(C)Cc1nc(SCn2cnc3ccccc3c2=O)n[nH]1. The molecular formula is C15H17N5OS. The Hall–Kier alpha value is -2.15. The summed E-state index contributed by atoms with van der Waals surface area (Å²) in [5, 5.41) is 8.37. The summed E-state index contributed by atoms with van der Waals surface area (Å²) in [4.78, 5) is 21.1. The maximum absolute atomic E-state index is 12.4. The minimum Gasteiger partial charge on any atom is -0.288 e. The van der Waals surface area contributed by atoms with E-state index in [1.165, 1.54) is 11.8 Å². The van der Waals surface area contributed by atoms with E-state index in [2.05, 4.69) is 34.0 Å². The van der Waals surface area contributed by atoms with Gasteiger partial charge in [0.2, 0.25) is 5.16 Å². The first kappa shape index (κ1) is 14.8. The van der Waals surface area contributed by atoms with E-state index in [9.17, 15) is 4.79 Å². The molecule has 3 rings (SSSR count). The maximum atomic E-state index is 12.4. The van der Waals surface area contributed by atoms with Crippen LogP contribution in [0.25, 0.3) is 10.9 Å². The summed E-state index contributed by atoms with van der Waals surface area (Å²) >= 11 is 1.41. The second kappa shape index (κ2) is 6.31.